The first-order valence-electron chi connectivity index (χ1n) is 10.0. The molecule has 1 aliphatic rings. The molecule has 0 spiro atoms. The molecule has 2 aromatic heterocycles. The highest BCUT2D eigenvalue weighted by Gasteiger charge is 2.33. The van der Waals surface area contributed by atoms with E-state index in [9.17, 15) is 18.0 Å². The predicted molar refractivity (Wildman–Crippen MR) is 118 cm³/mol. The van der Waals surface area contributed by atoms with Gasteiger partial charge in [0.25, 0.3) is 0 Å². The number of rotatable bonds is 7. The average molecular weight is 483 g/mol. The second kappa shape index (κ2) is 9.63. The molecule has 0 aliphatic carbocycles. The van der Waals surface area contributed by atoms with Crippen LogP contribution < -0.4 is 5.32 Å². The number of nitrogens with one attached hydrogen (secondary N) is 1. The number of aromatic nitrogens is 3. The van der Waals surface area contributed by atoms with Gasteiger partial charge in [0, 0.05) is 22.4 Å². The second-order valence-electron chi connectivity index (χ2n) is 7.38. The number of carbonyl (C=O) groups is 1. The van der Waals surface area contributed by atoms with Crippen molar-refractivity contribution in [3.05, 3.63) is 46.2 Å². The first-order chi connectivity index (χ1) is 15.3. The molecule has 1 amide bonds. The van der Waals surface area contributed by atoms with Crippen LogP contribution in [0.25, 0.3) is 11.4 Å². The van der Waals surface area contributed by atoms with E-state index in [1.165, 1.54) is 18.2 Å². The summed E-state index contributed by atoms with van der Waals surface area (Å²) in [4.78, 5) is 13.6. The van der Waals surface area contributed by atoms with Crippen LogP contribution in [-0.2, 0) is 22.3 Å². The van der Waals surface area contributed by atoms with E-state index in [2.05, 4.69) is 15.5 Å². The molecule has 6 nitrogen and oxygen atoms in total. The van der Waals surface area contributed by atoms with Crippen molar-refractivity contribution in [2.75, 3.05) is 17.7 Å². The topological polar surface area (TPSA) is 69.0 Å². The average Bonchev–Trinajstić information content (AvgIpc) is 3.48. The Morgan fingerprint density at radius 1 is 1.34 bits per heavy atom. The van der Waals surface area contributed by atoms with Gasteiger partial charge in [-0.15, -0.1) is 21.5 Å². The minimum Gasteiger partial charge on any atom is -0.376 e. The number of benzene rings is 1. The van der Waals surface area contributed by atoms with Crippen molar-refractivity contribution in [1.29, 1.82) is 0 Å². The molecular formula is C21H21F3N4O2S2. The largest absolute Gasteiger partial charge is 0.418 e. The SMILES string of the molecule is Cc1cc(-c2nnc(SCC(=O)Nc3ccccc3C(F)(F)F)n2CC2CCCO2)cs1. The summed E-state index contributed by atoms with van der Waals surface area (Å²) in [7, 11) is 0. The van der Waals surface area contributed by atoms with Gasteiger partial charge in [-0.1, -0.05) is 23.9 Å². The Labute approximate surface area is 191 Å². The fraction of sp³-hybridized carbons (Fsp3) is 0.381. The Morgan fingerprint density at radius 3 is 2.84 bits per heavy atom. The zero-order valence-electron chi connectivity index (χ0n) is 17.2. The third-order valence-electron chi connectivity index (χ3n) is 4.95. The summed E-state index contributed by atoms with van der Waals surface area (Å²) in [6, 6.07) is 6.94. The highest BCUT2D eigenvalue weighted by Crippen LogP contribution is 2.35. The molecule has 1 saturated heterocycles. The lowest BCUT2D eigenvalue weighted by molar-refractivity contribution is -0.137. The Morgan fingerprint density at radius 2 is 2.16 bits per heavy atom. The predicted octanol–water partition coefficient (Wildman–Crippen LogP) is 5.24. The minimum atomic E-state index is -4.55. The van der Waals surface area contributed by atoms with Crippen LogP contribution in [0.2, 0.25) is 0 Å². The molecule has 32 heavy (non-hydrogen) atoms. The van der Waals surface area contributed by atoms with Gasteiger partial charge in [0.2, 0.25) is 5.91 Å². The van der Waals surface area contributed by atoms with E-state index in [4.69, 9.17) is 4.74 Å². The van der Waals surface area contributed by atoms with Crippen LogP contribution in [0.1, 0.15) is 23.3 Å². The molecule has 1 aliphatic heterocycles. The number of halogens is 3. The van der Waals surface area contributed by atoms with Gasteiger partial charge in [0.05, 0.1) is 29.7 Å². The number of ether oxygens (including phenoxy) is 1. The summed E-state index contributed by atoms with van der Waals surface area (Å²) in [5.41, 5.74) is -0.204. The summed E-state index contributed by atoms with van der Waals surface area (Å²) in [5.74, 6) is 0.0416. The fourth-order valence-corrected chi connectivity index (χ4v) is 4.91. The number of carbonyl (C=O) groups excluding carboxylic acids is 1. The smallest absolute Gasteiger partial charge is 0.376 e. The van der Waals surface area contributed by atoms with Crippen LogP contribution in [-0.4, -0.2) is 39.1 Å². The number of alkyl halides is 3. The molecule has 0 bridgehead atoms. The van der Waals surface area contributed by atoms with Gasteiger partial charge in [-0.2, -0.15) is 13.2 Å². The van der Waals surface area contributed by atoms with E-state index in [1.807, 2.05) is 22.9 Å². The third kappa shape index (κ3) is 5.33. The van der Waals surface area contributed by atoms with Crippen LogP contribution in [0.3, 0.4) is 0 Å². The number of hydrogen-bond acceptors (Lipinski definition) is 6. The normalized spacial score (nSPS) is 16.4. The van der Waals surface area contributed by atoms with E-state index in [-0.39, 0.29) is 17.5 Å². The van der Waals surface area contributed by atoms with Crippen LogP contribution in [0, 0.1) is 6.92 Å². The van der Waals surface area contributed by atoms with E-state index >= 15 is 0 Å². The van der Waals surface area contributed by atoms with Crippen molar-refractivity contribution < 1.29 is 22.7 Å². The summed E-state index contributed by atoms with van der Waals surface area (Å²) in [6.45, 7) is 3.27. The maximum absolute atomic E-state index is 13.2. The van der Waals surface area contributed by atoms with Gasteiger partial charge in [-0.05, 0) is 38.0 Å². The highest BCUT2D eigenvalue weighted by molar-refractivity contribution is 7.99. The standard InChI is InChI=1S/C21H21F3N4O2S2/c1-13-9-14(11-31-13)19-26-27-20(28(19)10-15-5-4-8-30-15)32-12-18(29)25-17-7-3-2-6-16(17)21(22,23)24/h2-3,6-7,9,11,15H,4-5,8,10,12H2,1H3,(H,25,29). The van der Waals surface area contributed by atoms with Crippen molar-refractivity contribution in [3.8, 4) is 11.4 Å². The molecule has 170 valence electrons. The van der Waals surface area contributed by atoms with Crippen LogP contribution in [0.5, 0.6) is 0 Å². The molecule has 1 N–H and O–H groups in total. The van der Waals surface area contributed by atoms with Gasteiger partial charge in [0.1, 0.15) is 0 Å². The van der Waals surface area contributed by atoms with Crippen LogP contribution in [0.4, 0.5) is 18.9 Å². The van der Waals surface area contributed by atoms with Crippen molar-refractivity contribution in [2.24, 2.45) is 0 Å². The number of anilines is 1. The van der Waals surface area contributed by atoms with E-state index < -0.39 is 17.6 Å². The summed E-state index contributed by atoms with van der Waals surface area (Å²) < 4.78 is 47.2. The number of thiophene rings is 1. The molecule has 1 aromatic carbocycles. The zero-order chi connectivity index (χ0) is 22.7. The van der Waals surface area contributed by atoms with Gasteiger partial charge in [-0.3, -0.25) is 9.36 Å². The lowest BCUT2D eigenvalue weighted by Gasteiger charge is -2.15. The quantitative estimate of drug-likeness (QED) is 0.466. The van der Waals surface area contributed by atoms with Crippen LogP contribution in [0.15, 0.2) is 40.9 Å². The van der Waals surface area contributed by atoms with Crippen molar-refractivity contribution in [2.45, 2.75) is 43.7 Å². The van der Waals surface area contributed by atoms with Gasteiger partial charge in [0.15, 0.2) is 11.0 Å². The Kier molecular flexibility index (Phi) is 6.87. The summed E-state index contributed by atoms with van der Waals surface area (Å²) >= 11 is 2.74. The maximum atomic E-state index is 13.2. The fourth-order valence-electron chi connectivity index (χ4n) is 3.48. The number of hydrogen-bond donors (Lipinski definition) is 1. The molecule has 11 heteroatoms. The molecule has 1 unspecified atom stereocenters. The van der Waals surface area contributed by atoms with Gasteiger partial charge >= 0.3 is 6.18 Å². The van der Waals surface area contributed by atoms with E-state index in [0.717, 1.165) is 41.1 Å². The number of thioether (sulfide) groups is 1. The molecular weight excluding hydrogens is 461 g/mol. The number of aryl methyl sites for hydroxylation is 1. The highest BCUT2D eigenvalue weighted by atomic mass is 32.2. The summed E-state index contributed by atoms with van der Waals surface area (Å²) in [6.07, 6.45) is -2.59. The Balaban J connectivity index is 1.49. The lowest BCUT2D eigenvalue weighted by Crippen LogP contribution is -2.19. The van der Waals surface area contributed by atoms with Crippen LogP contribution >= 0.6 is 23.1 Å². The summed E-state index contributed by atoms with van der Waals surface area (Å²) in [5, 5.41) is 13.4. The third-order valence-corrected chi connectivity index (χ3v) is 6.78. The maximum Gasteiger partial charge on any atom is 0.418 e. The molecule has 1 fully saturated rings. The van der Waals surface area contributed by atoms with Crippen molar-refractivity contribution in [1.82, 2.24) is 14.8 Å². The molecule has 3 heterocycles. The van der Waals surface area contributed by atoms with Crippen molar-refractivity contribution in [3.63, 3.8) is 0 Å². The second-order valence-corrected chi connectivity index (χ2v) is 9.44. The van der Waals surface area contributed by atoms with E-state index in [0.29, 0.717) is 24.1 Å². The minimum absolute atomic E-state index is 0.0383. The molecule has 0 saturated carbocycles. The Hall–Kier alpha value is -2.37. The number of para-hydroxylation sites is 1. The monoisotopic (exact) mass is 482 g/mol. The first kappa shape index (κ1) is 22.8. The molecule has 4 rings (SSSR count). The lowest BCUT2D eigenvalue weighted by atomic mass is 10.1. The van der Waals surface area contributed by atoms with E-state index in [1.54, 1.807) is 11.3 Å². The molecule has 0 radical (unpaired) electrons. The van der Waals surface area contributed by atoms with Gasteiger partial charge < -0.3 is 10.1 Å². The first-order valence-corrected chi connectivity index (χ1v) is 11.9. The van der Waals surface area contributed by atoms with Gasteiger partial charge in [-0.25, -0.2) is 0 Å². The molecule has 3 aromatic rings. The van der Waals surface area contributed by atoms with Crippen molar-refractivity contribution >= 4 is 34.7 Å². The zero-order valence-corrected chi connectivity index (χ0v) is 18.8. The molecule has 1 atom stereocenters. The Bertz CT molecular complexity index is 1090. The number of nitrogens with zero attached hydrogens (tertiary/aromatic N) is 3. The number of amides is 1.